The maximum absolute atomic E-state index is 12.0. The summed E-state index contributed by atoms with van der Waals surface area (Å²) < 4.78 is 11.0. The Morgan fingerprint density at radius 2 is 1.93 bits per heavy atom. The van der Waals surface area contributed by atoms with Gasteiger partial charge in [0.25, 0.3) is 0 Å². The predicted octanol–water partition coefficient (Wildman–Crippen LogP) is 3.79. The summed E-state index contributed by atoms with van der Waals surface area (Å²) in [5.41, 5.74) is 3.46. The first-order valence-electron chi connectivity index (χ1n) is 10.3. The highest BCUT2D eigenvalue weighted by Gasteiger charge is 2.15. The Morgan fingerprint density at radius 1 is 1.17 bits per heavy atom. The molecule has 0 saturated carbocycles. The van der Waals surface area contributed by atoms with Crippen molar-refractivity contribution in [3.63, 3.8) is 0 Å². The van der Waals surface area contributed by atoms with Gasteiger partial charge in [0.2, 0.25) is 0 Å². The number of H-pyrrole nitrogens is 1. The fraction of sp³-hybridized carbons (Fsp3) is 0.375. The number of nitrogens with one attached hydrogen (secondary N) is 2. The molecule has 1 heterocycles. The second-order valence-electron chi connectivity index (χ2n) is 7.56. The van der Waals surface area contributed by atoms with E-state index in [0.29, 0.717) is 30.5 Å². The number of aliphatic hydroxyl groups excluding tert-OH is 1. The van der Waals surface area contributed by atoms with Gasteiger partial charge in [-0.1, -0.05) is 37.3 Å². The molecule has 160 valence electrons. The van der Waals surface area contributed by atoms with Crippen molar-refractivity contribution in [3.8, 4) is 5.75 Å². The lowest BCUT2D eigenvalue weighted by atomic mass is 10.0. The van der Waals surface area contributed by atoms with Crippen molar-refractivity contribution in [2.75, 3.05) is 26.3 Å². The van der Waals surface area contributed by atoms with E-state index in [1.165, 1.54) is 5.56 Å². The van der Waals surface area contributed by atoms with Gasteiger partial charge in [-0.05, 0) is 49.1 Å². The summed E-state index contributed by atoms with van der Waals surface area (Å²) in [4.78, 5) is 15.1. The molecule has 0 radical (unpaired) electrons. The number of aromatic amines is 1. The van der Waals surface area contributed by atoms with E-state index in [2.05, 4.69) is 29.4 Å². The smallest absolute Gasteiger partial charge is 0.354 e. The first-order chi connectivity index (χ1) is 14.5. The molecule has 0 amide bonds. The van der Waals surface area contributed by atoms with E-state index in [1.54, 1.807) is 13.0 Å². The monoisotopic (exact) mass is 410 g/mol. The van der Waals surface area contributed by atoms with Crippen LogP contribution >= 0.6 is 0 Å². The fourth-order valence-electron chi connectivity index (χ4n) is 3.39. The van der Waals surface area contributed by atoms with Crippen LogP contribution in [0.3, 0.4) is 0 Å². The molecule has 6 nitrogen and oxygen atoms in total. The second-order valence-corrected chi connectivity index (χ2v) is 7.56. The highest BCUT2D eigenvalue weighted by molar-refractivity contribution is 5.97. The van der Waals surface area contributed by atoms with E-state index < -0.39 is 12.1 Å². The van der Waals surface area contributed by atoms with Crippen molar-refractivity contribution in [1.82, 2.24) is 10.3 Å². The third-order valence-corrected chi connectivity index (χ3v) is 4.97. The van der Waals surface area contributed by atoms with Crippen LogP contribution in [-0.4, -0.2) is 48.5 Å². The van der Waals surface area contributed by atoms with Gasteiger partial charge in [0.1, 0.15) is 24.2 Å². The number of aromatic nitrogens is 1. The van der Waals surface area contributed by atoms with Crippen LogP contribution in [0.4, 0.5) is 0 Å². The van der Waals surface area contributed by atoms with Crippen molar-refractivity contribution in [2.45, 2.75) is 32.8 Å². The maximum atomic E-state index is 12.0. The number of esters is 1. The number of hydrogen-bond donors (Lipinski definition) is 3. The van der Waals surface area contributed by atoms with E-state index in [4.69, 9.17) is 9.47 Å². The molecule has 0 aliphatic heterocycles. The standard InChI is InChI=1S/C24H30N2O4/c1-4-29-24(28)22-12-20-21(26-22)10-16(2)11-23(20)30-15-19(27)14-25-13-17(3)18-8-6-5-7-9-18/h5-12,17,19,25-27H,4,13-15H2,1-3H3. The SMILES string of the molecule is CCOC(=O)c1cc2c(OCC(O)CNCC(C)c3ccccc3)cc(C)cc2[nH]1. The minimum Gasteiger partial charge on any atom is -0.490 e. The largest absolute Gasteiger partial charge is 0.490 e. The Labute approximate surface area is 177 Å². The highest BCUT2D eigenvalue weighted by Crippen LogP contribution is 2.29. The summed E-state index contributed by atoms with van der Waals surface area (Å²) in [6.45, 7) is 7.57. The molecule has 3 rings (SSSR count). The van der Waals surface area contributed by atoms with Crippen LogP contribution < -0.4 is 10.1 Å². The molecule has 3 N–H and O–H groups in total. The minimum atomic E-state index is -0.646. The molecule has 0 fully saturated rings. The number of carbonyl (C=O) groups is 1. The number of hydrogen-bond acceptors (Lipinski definition) is 5. The molecular weight excluding hydrogens is 380 g/mol. The lowest BCUT2D eigenvalue weighted by molar-refractivity contribution is 0.0520. The summed E-state index contributed by atoms with van der Waals surface area (Å²) in [6, 6.07) is 15.9. The van der Waals surface area contributed by atoms with Crippen LogP contribution in [0.15, 0.2) is 48.5 Å². The van der Waals surface area contributed by atoms with Gasteiger partial charge in [0.05, 0.1) is 12.1 Å². The average Bonchev–Trinajstić information content (AvgIpc) is 3.17. The van der Waals surface area contributed by atoms with Gasteiger partial charge in [0, 0.05) is 18.5 Å². The molecule has 2 atom stereocenters. The van der Waals surface area contributed by atoms with E-state index in [0.717, 1.165) is 23.0 Å². The van der Waals surface area contributed by atoms with Gasteiger partial charge in [-0.3, -0.25) is 0 Å². The number of carbonyl (C=O) groups excluding carboxylic acids is 1. The minimum absolute atomic E-state index is 0.158. The normalized spacial score (nSPS) is 13.2. The van der Waals surface area contributed by atoms with Gasteiger partial charge in [0.15, 0.2) is 0 Å². The van der Waals surface area contributed by atoms with E-state index in [9.17, 15) is 9.90 Å². The quantitative estimate of drug-likeness (QED) is 0.443. The van der Waals surface area contributed by atoms with Gasteiger partial charge in [-0.25, -0.2) is 4.79 Å². The summed E-state index contributed by atoms with van der Waals surface area (Å²) in [6.07, 6.45) is -0.646. The Balaban J connectivity index is 1.56. The lowest BCUT2D eigenvalue weighted by Crippen LogP contribution is -2.33. The summed E-state index contributed by atoms with van der Waals surface area (Å²) >= 11 is 0. The lowest BCUT2D eigenvalue weighted by Gasteiger charge is -2.17. The molecule has 0 saturated heterocycles. The van der Waals surface area contributed by atoms with Gasteiger partial charge >= 0.3 is 5.97 Å². The van der Waals surface area contributed by atoms with Crippen LogP contribution in [-0.2, 0) is 4.74 Å². The second kappa shape index (κ2) is 10.3. The first kappa shape index (κ1) is 21.9. The van der Waals surface area contributed by atoms with Gasteiger partial charge in [-0.2, -0.15) is 0 Å². The third-order valence-electron chi connectivity index (χ3n) is 4.97. The van der Waals surface area contributed by atoms with E-state index >= 15 is 0 Å². The maximum Gasteiger partial charge on any atom is 0.354 e. The number of ether oxygens (including phenoxy) is 2. The first-order valence-corrected chi connectivity index (χ1v) is 10.3. The van der Waals surface area contributed by atoms with Crippen LogP contribution in [0, 0.1) is 6.92 Å². The number of rotatable bonds is 10. The highest BCUT2D eigenvalue weighted by atomic mass is 16.5. The van der Waals surface area contributed by atoms with Crippen LogP contribution in [0.1, 0.15) is 41.4 Å². The number of aryl methyl sites for hydroxylation is 1. The topological polar surface area (TPSA) is 83.6 Å². The molecular formula is C24H30N2O4. The summed E-state index contributed by atoms with van der Waals surface area (Å²) in [5.74, 6) is 0.597. The average molecular weight is 411 g/mol. The molecule has 6 heteroatoms. The Hall–Kier alpha value is -2.83. The molecule has 2 unspecified atom stereocenters. The molecule has 0 spiro atoms. The van der Waals surface area contributed by atoms with E-state index in [1.807, 2.05) is 37.3 Å². The summed E-state index contributed by atoms with van der Waals surface area (Å²) in [7, 11) is 0. The van der Waals surface area contributed by atoms with E-state index in [-0.39, 0.29) is 6.61 Å². The Morgan fingerprint density at radius 3 is 2.67 bits per heavy atom. The Bertz CT molecular complexity index is 968. The molecule has 2 aromatic carbocycles. The molecule has 0 aliphatic carbocycles. The number of aliphatic hydroxyl groups is 1. The van der Waals surface area contributed by atoms with Crippen molar-refractivity contribution in [3.05, 3.63) is 65.4 Å². The zero-order valence-electron chi connectivity index (χ0n) is 17.8. The Kier molecular flexibility index (Phi) is 7.49. The predicted molar refractivity (Wildman–Crippen MR) is 118 cm³/mol. The third kappa shape index (κ3) is 5.62. The van der Waals surface area contributed by atoms with Gasteiger partial charge in [-0.15, -0.1) is 0 Å². The van der Waals surface area contributed by atoms with Crippen LogP contribution in [0.2, 0.25) is 0 Å². The number of fused-ring (bicyclic) bond motifs is 1. The molecule has 0 aliphatic rings. The fourth-order valence-corrected chi connectivity index (χ4v) is 3.39. The van der Waals surface area contributed by atoms with Crippen LogP contribution in [0.25, 0.3) is 10.9 Å². The molecule has 0 bridgehead atoms. The molecule has 1 aromatic heterocycles. The molecule has 30 heavy (non-hydrogen) atoms. The summed E-state index contributed by atoms with van der Waals surface area (Å²) in [5, 5.41) is 14.4. The number of benzene rings is 2. The van der Waals surface area contributed by atoms with Crippen molar-refractivity contribution >= 4 is 16.9 Å². The molecule has 3 aromatic rings. The van der Waals surface area contributed by atoms with Crippen molar-refractivity contribution in [1.29, 1.82) is 0 Å². The zero-order valence-corrected chi connectivity index (χ0v) is 17.8. The zero-order chi connectivity index (χ0) is 21.5. The van der Waals surface area contributed by atoms with Gasteiger partial charge < -0.3 is 24.9 Å². The van der Waals surface area contributed by atoms with Crippen molar-refractivity contribution < 1.29 is 19.4 Å². The van der Waals surface area contributed by atoms with Crippen molar-refractivity contribution in [2.24, 2.45) is 0 Å². The van der Waals surface area contributed by atoms with Crippen LogP contribution in [0.5, 0.6) is 5.75 Å².